The fraction of sp³-hybridized carbons (Fsp3) is 0.444. The van der Waals surface area contributed by atoms with E-state index in [0.717, 1.165) is 11.3 Å². The Morgan fingerprint density at radius 2 is 2.18 bits per heavy atom. The van der Waals surface area contributed by atoms with Crippen LogP contribution in [-0.4, -0.2) is 0 Å². The van der Waals surface area contributed by atoms with E-state index in [2.05, 4.69) is 6.07 Å². The lowest BCUT2D eigenvalue weighted by Crippen LogP contribution is -2.13. The lowest BCUT2D eigenvalue weighted by molar-refractivity contribution is 0.520. The maximum absolute atomic E-state index is 8.80. The first kappa shape index (κ1) is 7.87. The SMILES string of the molecule is Cc1occc1C(C)(C)C#N. The van der Waals surface area contributed by atoms with E-state index in [4.69, 9.17) is 9.68 Å². The van der Waals surface area contributed by atoms with Crippen molar-refractivity contribution in [1.82, 2.24) is 0 Å². The van der Waals surface area contributed by atoms with E-state index in [9.17, 15) is 0 Å². The molecule has 0 radical (unpaired) electrons. The molecule has 0 saturated heterocycles. The van der Waals surface area contributed by atoms with E-state index in [1.165, 1.54) is 0 Å². The van der Waals surface area contributed by atoms with Gasteiger partial charge in [0.15, 0.2) is 0 Å². The van der Waals surface area contributed by atoms with Gasteiger partial charge in [-0.05, 0) is 26.8 Å². The Hall–Kier alpha value is -1.23. The van der Waals surface area contributed by atoms with Crippen LogP contribution in [0.2, 0.25) is 0 Å². The summed E-state index contributed by atoms with van der Waals surface area (Å²) in [5.74, 6) is 0.830. The molecule has 0 atom stereocenters. The molecule has 0 fully saturated rings. The van der Waals surface area contributed by atoms with Crippen LogP contribution < -0.4 is 0 Å². The molecule has 58 valence electrons. The monoisotopic (exact) mass is 149 g/mol. The standard InChI is InChI=1S/C9H11NO/c1-7-8(4-5-11-7)9(2,3)6-10/h4-5H,1-3H3. The highest BCUT2D eigenvalue weighted by Gasteiger charge is 2.23. The van der Waals surface area contributed by atoms with Crippen molar-refractivity contribution in [3.63, 3.8) is 0 Å². The first-order valence-electron chi connectivity index (χ1n) is 3.54. The molecule has 0 spiro atoms. The van der Waals surface area contributed by atoms with Gasteiger partial charge in [0.25, 0.3) is 0 Å². The molecule has 0 saturated carbocycles. The molecule has 1 aromatic heterocycles. The van der Waals surface area contributed by atoms with Crippen LogP contribution >= 0.6 is 0 Å². The molecule has 0 bridgehead atoms. The number of nitriles is 1. The van der Waals surface area contributed by atoms with Crippen molar-refractivity contribution in [3.8, 4) is 6.07 Å². The summed E-state index contributed by atoms with van der Waals surface area (Å²) in [6, 6.07) is 4.07. The number of hydrogen-bond donors (Lipinski definition) is 0. The topological polar surface area (TPSA) is 36.9 Å². The molecule has 0 aliphatic rings. The molecule has 1 heterocycles. The molecule has 1 rings (SSSR count). The second-order valence-electron chi connectivity index (χ2n) is 3.13. The third-order valence-electron chi connectivity index (χ3n) is 1.81. The van der Waals surface area contributed by atoms with Gasteiger partial charge in [-0.3, -0.25) is 0 Å². The summed E-state index contributed by atoms with van der Waals surface area (Å²) in [4.78, 5) is 0. The Bertz CT molecular complexity index is 291. The molecule has 0 N–H and O–H groups in total. The quantitative estimate of drug-likeness (QED) is 0.614. The molecule has 0 aliphatic heterocycles. The van der Waals surface area contributed by atoms with Gasteiger partial charge in [0.1, 0.15) is 5.76 Å². The minimum absolute atomic E-state index is 0.433. The summed E-state index contributed by atoms with van der Waals surface area (Å²) < 4.78 is 5.10. The van der Waals surface area contributed by atoms with Gasteiger partial charge in [-0.25, -0.2) is 0 Å². The van der Waals surface area contributed by atoms with Crippen LogP contribution in [0, 0.1) is 18.3 Å². The van der Waals surface area contributed by atoms with Crippen molar-refractivity contribution in [2.24, 2.45) is 0 Å². The van der Waals surface area contributed by atoms with E-state index in [1.807, 2.05) is 26.8 Å². The molecular formula is C9H11NO. The Morgan fingerprint density at radius 1 is 1.55 bits per heavy atom. The second kappa shape index (κ2) is 2.43. The first-order chi connectivity index (χ1) is 5.08. The minimum Gasteiger partial charge on any atom is -0.469 e. The van der Waals surface area contributed by atoms with Gasteiger partial charge < -0.3 is 4.42 Å². The second-order valence-corrected chi connectivity index (χ2v) is 3.13. The maximum atomic E-state index is 8.80. The Kier molecular flexibility index (Phi) is 1.74. The van der Waals surface area contributed by atoms with E-state index in [1.54, 1.807) is 6.26 Å². The van der Waals surface area contributed by atoms with Gasteiger partial charge in [-0.15, -0.1) is 0 Å². The molecular weight excluding hydrogens is 138 g/mol. The number of nitrogens with zero attached hydrogens (tertiary/aromatic N) is 1. The van der Waals surface area contributed by atoms with Crippen LogP contribution in [0.15, 0.2) is 16.7 Å². The zero-order valence-corrected chi connectivity index (χ0v) is 7.01. The highest BCUT2D eigenvalue weighted by molar-refractivity contribution is 5.31. The van der Waals surface area contributed by atoms with Gasteiger partial charge in [0, 0.05) is 5.56 Å². The van der Waals surface area contributed by atoms with Crippen molar-refractivity contribution in [2.75, 3.05) is 0 Å². The van der Waals surface area contributed by atoms with Gasteiger partial charge in [0.05, 0.1) is 17.7 Å². The Balaban J connectivity index is 3.13. The highest BCUT2D eigenvalue weighted by Crippen LogP contribution is 2.25. The zero-order valence-electron chi connectivity index (χ0n) is 7.01. The predicted molar refractivity (Wildman–Crippen MR) is 42.1 cm³/mol. The summed E-state index contributed by atoms with van der Waals surface area (Å²) in [5, 5.41) is 8.80. The largest absolute Gasteiger partial charge is 0.469 e. The summed E-state index contributed by atoms with van der Waals surface area (Å²) in [6.45, 7) is 5.63. The van der Waals surface area contributed by atoms with Crippen LogP contribution in [0.1, 0.15) is 25.2 Å². The number of hydrogen-bond acceptors (Lipinski definition) is 2. The highest BCUT2D eigenvalue weighted by atomic mass is 16.3. The van der Waals surface area contributed by atoms with Crippen molar-refractivity contribution < 1.29 is 4.42 Å². The van der Waals surface area contributed by atoms with Crippen LogP contribution in [0.3, 0.4) is 0 Å². The van der Waals surface area contributed by atoms with E-state index >= 15 is 0 Å². The molecule has 0 amide bonds. The predicted octanol–water partition coefficient (Wildman–Crippen LogP) is 2.39. The average molecular weight is 149 g/mol. The molecule has 2 heteroatoms. The number of rotatable bonds is 1. The average Bonchev–Trinajstić information content (AvgIpc) is 2.36. The minimum atomic E-state index is -0.433. The molecule has 11 heavy (non-hydrogen) atoms. The van der Waals surface area contributed by atoms with Crippen molar-refractivity contribution >= 4 is 0 Å². The van der Waals surface area contributed by atoms with Crippen molar-refractivity contribution in [1.29, 1.82) is 5.26 Å². The summed E-state index contributed by atoms with van der Waals surface area (Å²) >= 11 is 0. The summed E-state index contributed by atoms with van der Waals surface area (Å²) in [5.41, 5.74) is 0.539. The van der Waals surface area contributed by atoms with E-state index < -0.39 is 5.41 Å². The normalized spacial score (nSPS) is 11.1. The Morgan fingerprint density at radius 3 is 2.55 bits per heavy atom. The van der Waals surface area contributed by atoms with Crippen LogP contribution in [-0.2, 0) is 5.41 Å². The van der Waals surface area contributed by atoms with Gasteiger partial charge >= 0.3 is 0 Å². The summed E-state index contributed by atoms with van der Waals surface area (Å²) in [7, 11) is 0. The first-order valence-corrected chi connectivity index (χ1v) is 3.54. The fourth-order valence-corrected chi connectivity index (χ4v) is 1.09. The summed E-state index contributed by atoms with van der Waals surface area (Å²) in [6.07, 6.45) is 1.61. The molecule has 1 aromatic rings. The van der Waals surface area contributed by atoms with E-state index in [0.29, 0.717) is 0 Å². The smallest absolute Gasteiger partial charge is 0.105 e. The van der Waals surface area contributed by atoms with Crippen LogP contribution in [0.25, 0.3) is 0 Å². The number of furan rings is 1. The van der Waals surface area contributed by atoms with Crippen molar-refractivity contribution in [3.05, 3.63) is 23.7 Å². The lowest BCUT2D eigenvalue weighted by Gasteiger charge is -2.12. The van der Waals surface area contributed by atoms with Crippen molar-refractivity contribution in [2.45, 2.75) is 26.2 Å². The maximum Gasteiger partial charge on any atom is 0.105 e. The lowest BCUT2D eigenvalue weighted by atomic mass is 9.87. The molecule has 2 nitrogen and oxygen atoms in total. The van der Waals surface area contributed by atoms with Gasteiger partial charge in [0.2, 0.25) is 0 Å². The van der Waals surface area contributed by atoms with Crippen LogP contribution in [0.5, 0.6) is 0 Å². The molecule has 0 aromatic carbocycles. The van der Waals surface area contributed by atoms with Gasteiger partial charge in [-0.2, -0.15) is 5.26 Å². The third kappa shape index (κ3) is 1.27. The number of aryl methyl sites for hydroxylation is 1. The Labute approximate surface area is 66.4 Å². The van der Waals surface area contributed by atoms with Crippen LogP contribution in [0.4, 0.5) is 0 Å². The fourth-order valence-electron chi connectivity index (χ4n) is 1.09. The third-order valence-corrected chi connectivity index (χ3v) is 1.81. The molecule has 0 aliphatic carbocycles. The van der Waals surface area contributed by atoms with E-state index in [-0.39, 0.29) is 0 Å². The zero-order chi connectivity index (χ0) is 8.48. The van der Waals surface area contributed by atoms with Gasteiger partial charge in [-0.1, -0.05) is 0 Å². The molecule has 0 unspecified atom stereocenters.